The number of nitrogen functional groups attached to an aromatic ring is 1. The predicted molar refractivity (Wildman–Crippen MR) is 183 cm³/mol. The first-order valence-corrected chi connectivity index (χ1v) is 17.3. The Labute approximate surface area is 293 Å². The Morgan fingerprint density at radius 3 is 2.37 bits per heavy atom. The molecule has 12 nitrogen and oxygen atoms in total. The van der Waals surface area contributed by atoms with Crippen molar-refractivity contribution in [2.24, 2.45) is 11.8 Å². The number of aliphatic hydroxyl groups is 1. The molecule has 3 fully saturated rings. The topological polar surface area (TPSA) is 139 Å². The van der Waals surface area contributed by atoms with Gasteiger partial charge in [-0.15, -0.1) is 0 Å². The van der Waals surface area contributed by atoms with Crippen LogP contribution in [0, 0.1) is 29.3 Å². The van der Waals surface area contributed by atoms with E-state index in [1.54, 1.807) is 18.3 Å². The van der Waals surface area contributed by atoms with Crippen LogP contribution in [0.1, 0.15) is 24.4 Å². The highest BCUT2D eigenvalue weighted by molar-refractivity contribution is 5.77. The molecule has 4 atom stereocenters. The third-order valence-corrected chi connectivity index (χ3v) is 10.7. The number of nitrogens with two attached hydrogens (primary N) is 1. The Bertz CT molecular complexity index is 1950. The molecule has 2 saturated heterocycles. The first kappa shape index (κ1) is 33.4. The average Bonchev–Trinajstić information content (AvgIpc) is 3.59. The van der Waals surface area contributed by atoms with Gasteiger partial charge in [-0.3, -0.25) is 4.90 Å². The molecule has 15 heteroatoms. The van der Waals surface area contributed by atoms with E-state index in [4.69, 9.17) is 10.7 Å². The number of nitrogens with zero attached hydrogens (tertiary/aromatic N) is 9. The maximum atomic E-state index is 14.9. The van der Waals surface area contributed by atoms with Crippen LogP contribution in [0.25, 0.3) is 22.6 Å². The zero-order chi connectivity index (χ0) is 35.1. The van der Waals surface area contributed by atoms with Crippen molar-refractivity contribution < 1.29 is 18.3 Å². The van der Waals surface area contributed by atoms with Crippen LogP contribution < -0.4 is 11.1 Å². The third kappa shape index (κ3) is 6.98. The second-order valence-electron chi connectivity index (χ2n) is 14.0. The molecular weight excluding hydrogens is 659 g/mol. The van der Waals surface area contributed by atoms with Gasteiger partial charge < -0.3 is 25.6 Å². The van der Waals surface area contributed by atoms with Crippen LogP contribution in [0.5, 0.6) is 0 Å². The van der Waals surface area contributed by atoms with E-state index in [0.29, 0.717) is 23.6 Å². The summed E-state index contributed by atoms with van der Waals surface area (Å²) in [6.07, 6.45) is 8.24. The van der Waals surface area contributed by atoms with Gasteiger partial charge in [0, 0.05) is 81.3 Å². The minimum atomic E-state index is -1.60. The summed E-state index contributed by atoms with van der Waals surface area (Å²) in [5.41, 5.74) is 7.48. The summed E-state index contributed by atoms with van der Waals surface area (Å²) in [7, 11) is 0. The summed E-state index contributed by atoms with van der Waals surface area (Å²) >= 11 is 0. The van der Waals surface area contributed by atoms with Crippen molar-refractivity contribution in [3.8, 4) is 22.6 Å². The lowest BCUT2D eigenvalue weighted by molar-refractivity contribution is -0.0193. The molecule has 5 aromatic rings. The molecule has 4 N–H and O–H groups in total. The Hall–Kier alpha value is -4.70. The summed E-state index contributed by atoms with van der Waals surface area (Å²) in [6, 6.07) is 12.1. The number of hydrogen-bond donors (Lipinski definition) is 3. The highest BCUT2D eigenvalue weighted by Gasteiger charge is 2.56. The number of halogens is 3. The van der Waals surface area contributed by atoms with E-state index in [0.717, 1.165) is 75.1 Å². The fourth-order valence-corrected chi connectivity index (χ4v) is 8.11. The second-order valence-corrected chi connectivity index (χ2v) is 14.0. The molecule has 1 aliphatic carbocycles. The quantitative estimate of drug-likeness (QED) is 0.178. The van der Waals surface area contributed by atoms with Crippen molar-refractivity contribution in [3.05, 3.63) is 96.7 Å². The van der Waals surface area contributed by atoms with Crippen molar-refractivity contribution in [3.63, 3.8) is 0 Å². The molecule has 2 aromatic carbocycles. The van der Waals surface area contributed by atoms with Crippen molar-refractivity contribution in [2.45, 2.75) is 37.1 Å². The third-order valence-electron chi connectivity index (χ3n) is 10.7. The van der Waals surface area contributed by atoms with Gasteiger partial charge in [0.05, 0.1) is 30.0 Å². The number of hydrogen-bond acceptors (Lipinski definition) is 10. The van der Waals surface area contributed by atoms with E-state index in [1.807, 2.05) is 12.4 Å². The van der Waals surface area contributed by atoms with Gasteiger partial charge in [-0.2, -0.15) is 5.10 Å². The van der Waals surface area contributed by atoms with Crippen LogP contribution in [0.3, 0.4) is 0 Å². The molecule has 2 aliphatic heterocycles. The smallest absolute Gasteiger partial charge is 0.220 e. The first-order valence-electron chi connectivity index (χ1n) is 17.3. The number of anilines is 1. The minimum absolute atomic E-state index is 0.00653. The molecule has 1 saturated carbocycles. The number of piperidine rings is 2. The summed E-state index contributed by atoms with van der Waals surface area (Å²) in [5.74, 6) is -0.643. The van der Waals surface area contributed by atoms with E-state index < -0.39 is 17.2 Å². The maximum absolute atomic E-state index is 14.9. The molecule has 0 spiro atoms. The molecule has 3 aliphatic rings. The van der Waals surface area contributed by atoms with Crippen LogP contribution in [-0.2, 0) is 12.1 Å². The Morgan fingerprint density at radius 1 is 0.902 bits per heavy atom. The lowest BCUT2D eigenvalue weighted by Crippen LogP contribution is -2.46. The molecule has 51 heavy (non-hydrogen) atoms. The maximum Gasteiger partial charge on any atom is 0.220 e. The Morgan fingerprint density at radius 2 is 1.67 bits per heavy atom. The highest BCUT2D eigenvalue weighted by atomic mass is 19.1. The largest absolute Gasteiger partial charge is 0.382 e. The lowest BCUT2D eigenvalue weighted by atomic mass is 9.92. The van der Waals surface area contributed by atoms with Gasteiger partial charge in [-0.25, -0.2) is 37.8 Å². The number of imidazole rings is 1. The van der Waals surface area contributed by atoms with E-state index >= 15 is 0 Å². The van der Waals surface area contributed by atoms with E-state index in [1.165, 1.54) is 41.6 Å². The minimum Gasteiger partial charge on any atom is -0.382 e. The molecule has 5 heterocycles. The summed E-state index contributed by atoms with van der Waals surface area (Å²) in [5, 5.41) is 19.6. The van der Waals surface area contributed by atoms with Crippen LogP contribution in [0.4, 0.5) is 19.1 Å². The zero-order valence-corrected chi connectivity index (χ0v) is 28.0. The van der Waals surface area contributed by atoms with Gasteiger partial charge in [0.1, 0.15) is 35.7 Å². The number of β-amino-alcohol motifs (C(OH)–C–C–N with tert-alkyl or cyclic N) is 1. The molecular formula is C36H40F3N11O. The van der Waals surface area contributed by atoms with E-state index in [-0.39, 0.29) is 36.5 Å². The first-order chi connectivity index (χ1) is 24.7. The standard InChI is InChI=1S/C36H40F3N11O/c37-24-3-1-23(2-4-24)32-34(31-7-10-43-35(40)46-31)50(22-44-32)26-8-12-47(13-9-26)14-11-42-33-27-16-48(17-28(27)33)18-36(51,19-49-21-41-20-45-49)29-6-5-25(38)15-30(29)39/h1-7,10,15,20-22,26-28,33,42,51H,8-9,11-14,16-19H2,(H2,40,43,46)/t27-,28+,33?,36?. The van der Waals surface area contributed by atoms with E-state index in [2.05, 4.69) is 39.7 Å². The lowest BCUT2D eigenvalue weighted by Gasteiger charge is -2.34. The average molecular weight is 700 g/mol. The molecule has 8 rings (SSSR count). The second kappa shape index (κ2) is 13.8. The van der Waals surface area contributed by atoms with E-state index in [9.17, 15) is 18.3 Å². The number of rotatable bonds is 12. The summed E-state index contributed by atoms with van der Waals surface area (Å²) in [4.78, 5) is 21.9. The van der Waals surface area contributed by atoms with Gasteiger partial charge in [-0.1, -0.05) is 6.07 Å². The Balaban J connectivity index is 0.840. The van der Waals surface area contributed by atoms with Crippen molar-refractivity contribution >= 4 is 5.95 Å². The van der Waals surface area contributed by atoms with Gasteiger partial charge >= 0.3 is 0 Å². The fraction of sp³-hybridized carbons (Fsp3) is 0.417. The van der Waals surface area contributed by atoms with Gasteiger partial charge in [0.25, 0.3) is 0 Å². The number of likely N-dealkylation sites (tertiary alicyclic amines) is 2. The van der Waals surface area contributed by atoms with Crippen LogP contribution in [-0.4, -0.2) is 101 Å². The molecule has 2 unspecified atom stereocenters. The van der Waals surface area contributed by atoms with Crippen molar-refractivity contribution in [1.82, 2.24) is 49.4 Å². The Kier molecular flexibility index (Phi) is 9.04. The van der Waals surface area contributed by atoms with Crippen LogP contribution >= 0.6 is 0 Å². The number of aromatic nitrogens is 7. The summed E-state index contributed by atoms with van der Waals surface area (Å²) in [6.45, 7) is 5.50. The normalized spacial score (nSPS) is 22.2. The van der Waals surface area contributed by atoms with Crippen molar-refractivity contribution in [1.29, 1.82) is 0 Å². The van der Waals surface area contributed by atoms with Gasteiger partial charge in [-0.05, 0) is 61.1 Å². The van der Waals surface area contributed by atoms with Gasteiger partial charge in [0.2, 0.25) is 5.95 Å². The molecule has 0 bridgehead atoms. The van der Waals surface area contributed by atoms with Crippen molar-refractivity contribution in [2.75, 3.05) is 51.5 Å². The van der Waals surface area contributed by atoms with Gasteiger partial charge in [0.15, 0.2) is 0 Å². The van der Waals surface area contributed by atoms with Crippen LogP contribution in [0.15, 0.2) is 73.7 Å². The zero-order valence-electron chi connectivity index (χ0n) is 28.0. The monoisotopic (exact) mass is 699 g/mol. The fourth-order valence-electron chi connectivity index (χ4n) is 8.11. The molecule has 266 valence electrons. The molecule has 0 radical (unpaired) electrons. The summed E-state index contributed by atoms with van der Waals surface area (Å²) < 4.78 is 45.9. The molecule has 0 amide bonds. The number of fused-ring (bicyclic) bond motifs is 1. The predicted octanol–water partition coefficient (Wildman–Crippen LogP) is 3.34. The SMILES string of the molecule is Nc1nccc(-c2c(-c3ccc(F)cc3)ncn2C2CCN(CCNC3[C@H]4CN(CC(O)(Cn5cncn5)c5ccc(F)cc5F)C[C@@H]34)CC2)n1. The number of benzene rings is 2. The number of nitrogens with one attached hydrogen (secondary N) is 1. The highest BCUT2D eigenvalue weighted by Crippen LogP contribution is 2.46. The van der Waals surface area contributed by atoms with Crippen LogP contribution in [0.2, 0.25) is 0 Å². The molecule has 3 aromatic heterocycles.